The summed E-state index contributed by atoms with van der Waals surface area (Å²) in [6, 6.07) is 4.17. The molecule has 0 atom stereocenters. The van der Waals surface area contributed by atoms with Crippen molar-refractivity contribution in [2.45, 2.75) is 25.7 Å². The third-order valence-corrected chi connectivity index (χ3v) is 3.59. The topological polar surface area (TPSA) is 26.3 Å². The van der Waals surface area contributed by atoms with Crippen molar-refractivity contribution in [3.8, 4) is 0 Å². The van der Waals surface area contributed by atoms with E-state index in [9.17, 15) is 4.79 Å². The lowest BCUT2D eigenvalue weighted by Crippen LogP contribution is -1.99. The SMILES string of the molecule is COC(=O)CCCCc1ccc(Br)s1. The molecule has 0 aliphatic heterocycles. The smallest absolute Gasteiger partial charge is 0.305 e. The van der Waals surface area contributed by atoms with Gasteiger partial charge >= 0.3 is 5.97 Å². The van der Waals surface area contributed by atoms with Gasteiger partial charge in [-0.25, -0.2) is 0 Å². The minimum Gasteiger partial charge on any atom is -0.469 e. The first-order chi connectivity index (χ1) is 6.72. The van der Waals surface area contributed by atoms with Crippen LogP contribution >= 0.6 is 27.3 Å². The van der Waals surface area contributed by atoms with Gasteiger partial charge in [-0.05, 0) is 47.3 Å². The normalized spacial score (nSPS) is 10.1. The van der Waals surface area contributed by atoms with E-state index in [-0.39, 0.29) is 5.97 Å². The molecule has 0 aromatic carbocycles. The molecule has 0 N–H and O–H groups in total. The van der Waals surface area contributed by atoms with Crippen LogP contribution in [0.3, 0.4) is 0 Å². The second-order valence-electron chi connectivity index (χ2n) is 2.99. The van der Waals surface area contributed by atoms with E-state index in [4.69, 9.17) is 0 Å². The minimum atomic E-state index is -0.114. The highest BCUT2D eigenvalue weighted by molar-refractivity contribution is 9.11. The summed E-state index contributed by atoms with van der Waals surface area (Å²) in [6.07, 6.45) is 3.53. The zero-order valence-corrected chi connectivity index (χ0v) is 10.5. The number of carbonyl (C=O) groups excluding carboxylic acids is 1. The van der Waals surface area contributed by atoms with Gasteiger partial charge in [0.25, 0.3) is 0 Å². The molecule has 0 bridgehead atoms. The molecule has 0 saturated heterocycles. The average Bonchev–Trinajstić information content (AvgIpc) is 2.58. The van der Waals surface area contributed by atoms with Crippen molar-refractivity contribution in [2.24, 2.45) is 0 Å². The molecule has 0 unspecified atom stereocenters. The maximum Gasteiger partial charge on any atom is 0.305 e. The first-order valence-corrected chi connectivity index (χ1v) is 6.14. The van der Waals surface area contributed by atoms with E-state index < -0.39 is 0 Å². The molecular weight excluding hydrogens is 264 g/mol. The quantitative estimate of drug-likeness (QED) is 0.609. The molecule has 1 aromatic rings. The zero-order valence-electron chi connectivity index (χ0n) is 8.09. The van der Waals surface area contributed by atoms with Gasteiger partial charge in [0, 0.05) is 11.3 Å². The summed E-state index contributed by atoms with van der Waals surface area (Å²) < 4.78 is 5.73. The first kappa shape index (κ1) is 11.7. The van der Waals surface area contributed by atoms with Crippen LogP contribution in [-0.4, -0.2) is 13.1 Å². The van der Waals surface area contributed by atoms with E-state index in [1.54, 1.807) is 11.3 Å². The Morgan fingerprint density at radius 3 is 2.86 bits per heavy atom. The number of esters is 1. The molecular formula is C10H13BrO2S. The van der Waals surface area contributed by atoms with Crippen molar-refractivity contribution >= 4 is 33.2 Å². The molecule has 0 aliphatic carbocycles. The lowest BCUT2D eigenvalue weighted by atomic mass is 10.2. The Morgan fingerprint density at radius 1 is 1.50 bits per heavy atom. The minimum absolute atomic E-state index is 0.114. The number of hydrogen-bond donors (Lipinski definition) is 0. The van der Waals surface area contributed by atoms with Gasteiger partial charge in [-0.1, -0.05) is 0 Å². The van der Waals surface area contributed by atoms with Crippen LogP contribution in [0.15, 0.2) is 15.9 Å². The van der Waals surface area contributed by atoms with E-state index >= 15 is 0 Å². The molecule has 0 spiro atoms. The molecule has 0 fully saturated rings. The van der Waals surface area contributed by atoms with E-state index in [0.717, 1.165) is 19.3 Å². The molecule has 1 aromatic heterocycles. The Morgan fingerprint density at radius 2 is 2.29 bits per heavy atom. The second kappa shape index (κ2) is 6.19. The fourth-order valence-electron chi connectivity index (χ4n) is 1.16. The van der Waals surface area contributed by atoms with Crippen molar-refractivity contribution in [3.05, 3.63) is 20.8 Å². The van der Waals surface area contributed by atoms with Crippen LogP contribution in [0.5, 0.6) is 0 Å². The number of methoxy groups -OCH3 is 1. The fraction of sp³-hybridized carbons (Fsp3) is 0.500. The van der Waals surface area contributed by atoms with Crippen LogP contribution in [0.1, 0.15) is 24.1 Å². The van der Waals surface area contributed by atoms with Gasteiger partial charge in [0.2, 0.25) is 0 Å². The number of thiophene rings is 1. The monoisotopic (exact) mass is 276 g/mol. The van der Waals surface area contributed by atoms with Crippen molar-refractivity contribution in [2.75, 3.05) is 7.11 Å². The predicted molar refractivity (Wildman–Crippen MR) is 61.6 cm³/mol. The standard InChI is InChI=1S/C10H13BrO2S/c1-13-10(12)5-3-2-4-8-6-7-9(11)14-8/h6-7H,2-5H2,1H3. The van der Waals surface area contributed by atoms with E-state index in [2.05, 4.69) is 32.8 Å². The van der Waals surface area contributed by atoms with Crippen molar-refractivity contribution in [1.82, 2.24) is 0 Å². The first-order valence-electron chi connectivity index (χ1n) is 4.53. The Balaban J connectivity index is 2.13. The van der Waals surface area contributed by atoms with Crippen LogP contribution in [0.4, 0.5) is 0 Å². The molecule has 1 rings (SSSR count). The van der Waals surface area contributed by atoms with Gasteiger partial charge in [0.05, 0.1) is 10.9 Å². The number of halogens is 1. The maximum absolute atomic E-state index is 10.8. The number of aryl methyl sites for hydroxylation is 1. The lowest BCUT2D eigenvalue weighted by molar-refractivity contribution is -0.140. The summed E-state index contributed by atoms with van der Waals surface area (Å²) in [7, 11) is 1.43. The van der Waals surface area contributed by atoms with Crippen LogP contribution in [0.2, 0.25) is 0 Å². The third kappa shape index (κ3) is 4.24. The van der Waals surface area contributed by atoms with Crippen LogP contribution in [0, 0.1) is 0 Å². The van der Waals surface area contributed by atoms with Crippen molar-refractivity contribution in [1.29, 1.82) is 0 Å². The molecule has 4 heteroatoms. The fourth-order valence-corrected chi connectivity index (χ4v) is 2.68. The molecule has 0 amide bonds. The van der Waals surface area contributed by atoms with Crippen molar-refractivity contribution in [3.63, 3.8) is 0 Å². The largest absolute Gasteiger partial charge is 0.469 e. The summed E-state index contributed by atoms with van der Waals surface area (Å²) in [5.41, 5.74) is 0. The molecule has 0 saturated carbocycles. The van der Waals surface area contributed by atoms with Gasteiger partial charge in [-0.15, -0.1) is 11.3 Å². The predicted octanol–water partition coefficient (Wildman–Crippen LogP) is 3.40. The van der Waals surface area contributed by atoms with E-state index in [0.29, 0.717) is 6.42 Å². The van der Waals surface area contributed by atoms with Crippen molar-refractivity contribution < 1.29 is 9.53 Å². The van der Waals surface area contributed by atoms with Crippen LogP contribution in [-0.2, 0) is 16.0 Å². The summed E-state index contributed by atoms with van der Waals surface area (Å²) in [5, 5.41) is 0. The highest BCUT2D eigenvalue weighted by Gasteiger charge is 2.01. The molecule has 78 valence electrons. The van der Waals surface area contributed by atoms with Gasteiger partial charge in [0.1, 0.15) is 0 Å². The molecule has 0 aliphatic rings. The molecule has 2 nitrogen and oxygen atoms in total. The number of ether oxygens (including phenoxy) is 1. The Hall–Kier alpha value is -0.350. The van der Waals surface area contributed by atoms with Gasteiger partial charge in [0.15, 0.2) is 0 Å². The molecule has 14 heavy (non-hydrogen) atoms. The average molecular weight is 277 g/mol. The summed E-state index contributed by atoms with van der Waals surface area (Å²) in [5.74, 6) is -0.114. The number of unbranched alkanes of at least 4 members (excludes halogenated alkanes) is 1. The van der Waals surface area contributed by atoms with E-state index in [1.165, 1.54) is 15.8 Å². The van der Waals surface area contributed by atoms with Gasteiger partial charge in [-0.2, -0.15) is 0 Å². The number of rotatable bonds is 5. The number of hydrogen-bond acceptors (Lipinski definition) is 3. The summed E-state index contributed by atoms with van der Waals surface area (Å²) >= 11 is 5.17. The second-order valence-corrected chi connectivity index (χ2v) is 5.54. The Labute approximate surface area is 96.4 Å². The Kier molecular flexibility index (Phi) is 5.19. The lowest BCUT2D eigenvalue weighted by Gasteiger charge is -1.98. The highest BCUT2D eigenvalue weighted by Crippen LogP contribution is 2.23. The highest BCUT2D eigenvalue weighted by atomic mass is 79.9. The van der Waals surface area contributed by atoms with Crippen LogP contribution in [0.25, 0.3) is 0 Å². The maximum atomic E-state index is 10.8. The molecule has 1 heterocycles. The van der Waals surface area contributed by atoms with E-state index in [1.807, 2.05) is 0 Å². The molecule has 0 radical (unpaired) electrons. The van der Waals surface area contributed by atoms with Gasteiger partial charge in [-0.3, -0.25) is 4.79 Å². The number of carbonyl (C=O) groups is 1. The third-order valence-electron chi connectivity index (χ3n) is 1.91. The van der Waals surface area contributed by atoms with Crippen LogP contribution < -0.4 is 0 Å². The summed E-state index contributed by atoms with van der Waals surface area (Å²) in [6.45, 7) is 0. The Bertz CT molecular complexity index is 296. The van der Waals surface area contributed by atoms with Gasteiger partial charge < -0.3 is 4.74 Å². The summed E-state index contributed by atoms with van der Waals surface area (Å²) in [4.78, 5) is 12.2. The zero-order chi connectivity index (χ0) is 10.4.